The lowest BCUT2D eigenvalue weighted by Crippen LogP contribution is -2.11. The van der Waals surface area contributed by atoms with Gasteiger partial charge < -0.3 is 28.9 Å². The molecule has 7 aromatic rings. The first-order valence-electron chi connectivity index (χ1n) is 19.5. The molecule has 0 radical (unpaired) electrons. The average Bonchev–Trinajstić information content (AvgIpc) is 3.91. The van der Waals surface area contributed by atoms with Crippen LogP contribution in [0, 0.1) is 34.6 Å². The molecule has 0 aliphatic carbocycles. The summed E-state index contributed by atoms with van der Waals surface area (Å²) in [7, 11) is 3.84. The molecule has 0 atom stereocenters. The highest BCUT2D eigenvalue weighted by atomic mass is 79.9. The number of benzene rings is 4. The first kappa shape index (κ1) is 48.8. The Bertz CT molecular complexity index is 2710. The van der Waals surface area contributed by atoms with Gasteiger partial charge in [-0.1, -0.05) is 31.9 Å². The molecule has 0 bridgehead atoms. The van der Waals surface area contributed by atoms with E-state index in [2.05, 4.69) is 61.8 Å². The molecular weight excluding hydrogens is 962 g/mol. The second-order valence-electron chi connectivity index (χ2n) is 14.5. The van der Waals surface area contributed by atoms with E-state index in [0.717, 1.165) is 71.7 Å². The van der Waals surface area contributed by atoms with Crippen LogP contribution in [-0.2, 0) is 0 Å². The maximum atomic E-state index is 12.7. The van der Waals surface area contributed by atoms with Crippen molar-refractivity contribution in [2.75, 3.05) is 19.5 Å². The number of aromatic nitrogens is 6. The van der Waals surface area contributed by atoms with E-state index >= 15 is 0 Å². The van der Waals surface area contributed by atoms with Crippen LogP contribution < -0.4 is 20.7 Å². The second-order valence-corrected chi connectivity index (χ2v) is 16.3. The summed E-state index contributed by atoms with van der Waals surface area (Å²) in [6.45, 7) is 5.99. The van der Waals surface area contributed by atoms with Gasteiger partial charge in [0.05, 0.1) is 39.8 Å². The predicted octanol–water partition coefficient (Wildman–Crippen LogP) is 11.5. The highest BCUT2D eigenvalue weighted by molar-refractivity contribution is 9.10. The summed E-state index contributed by atoms with van der Waals surface area (Å²) < 4.78 is 64.4. The van der Waals surface area contributed by atoms with E-state index in [-0.39, 0.29) is 17.3 Å². The van der Waals surface area contributed by atoms with Gasteiger partial charge in [-0.15, -0.1) is 0 Å². The van der Waals surface area contributed by atoms with E-state index in [4.69, 9.17) is 5.84 Å². The Hall–Kier alpha value is -6.24. The Morgan fingerprint density at radius 1 is 0.719 bits per heavy atom. The fourth-order valence-corrected chi connectivity index (χ4v) is 7.07. The van der Waals surface area contributed by atoms with Crippen molar-refractivity contribution in [1.82, 2.24) is 33.8 Å². The lowest BCUT2D eigenvalue weighted by molar-refractivity contribution is -0.0505. The molecule has 0 unspecified atom stereocenters. The molecule has 4 aromatic carbocycles. The molecule has 7 rings (SSSR count). The SMILES string of the molecule is C/C(=C\C(=O)c1cc(Br)ccc1-n1cc(C)nc1C)N(C)C.Cc1cn(-c2ccc(Br)cc2-c2cc(C)nn2-c2ccc(OC(F)F)cc2)c(C)n1.NNc1ccc(OC(F)F)cc1. The number of rotatable bonds is 12. The van der Waals surface area contributed by atoms with E-state index in [1.54, 1.807) is 22.9 Å². The van der Waals surface area contributed by atoms with Gasteiger partial charge in [0, 0.05) is 64.0 Å². The van der Waals surface area contributed by atoms with E-state index in [0.29, 0.717) is 11.3 Å². The molecule has 336 valence electrons. The Balaban J connectivity index is 0.000000198. The van der Waals surface area contributed by atoms with Crippen LogP contribution in [0.3, 0.4) is 0 Å². The van der Waals surface area contributed by atoms with Crippen molar-refractivity contribution in [2.45, 2.75) is 54.8 Å². The fraction of sp³-hybridized carbons (Fsp3) is 0.217. The summed E-state index contributed by atoms with van der Waals surface area (Å²) in [5.74, 6) is 7.01. The highest BCUT2D eigenvalue weighted by Crippen LogP contribution is 2.33. The zero-order valence-electron chi connectivity index (χ0n) is 36.2. The van der Waals surface area contributed by atoms with Crippen molar-refractivity contribution < 1.29 is 31.8 Å². The quantitative estimate of drug-likeness (QED) is 0.0404. The number of ketones is 1. The van der Waals surface area contributed by atoms with Crippen LogP contribution in [0.5, 0.6) is 11.5 Å². The summed E-state index contributed by atoms with van der Waals surface area (Å²) in [6.07, 6.45) is 5.59. The van der Waals surface area contributed by atoms with Crippen molar-refractivity contribution in [3.8, 4) is 39.8 Å². The number of aryl methyl sites for hydroxylation is 5. The summed E-state index contributed by atoms with van der Waals surface area (Å²) in [5.41, 5.74) is 11.6. The number of hydrogen-bond donors (Lipinski definition) is 2. The van der Waals surface area contributed by atoms with Gasteiger partial charge >= 0.3 is 13.2 Å². The van der Waals surface area contributed by atoms with Gasteiger partial charge in [-0.25, -0.2) is 14.6 Å². The number of allylic oxidation sites excluding steroid dienone is 2. The van der Waals surface area contributed by atoms with Crippen molar-refractivity contribution in [2.24, 2.45) is 5.84 Å². The van der Waals surface area contributed by atoms with Crippen LogP contribution in [-0.4, -0.2) is 66.9 Å². The van der Waals surface area contributed by atoms with Crippen molar-refractivity contribution in [1.29, 1.82) is 0 Å². The van der Waals surface area contributed by atoms with E-state index in [1.165, 1.54) is 36.4 Å². The Labute approximate surface area is 385 Å². The first-order chi connectivity index (χ1) is 30.3. The topological polar surface area (TPSA) is 130 Å². The van der Waals surface area contributed by atoms with Gasteiger partial charge in [0.25, 0.3) is 0 Å². The smallest absolute Gasteiger partial charge is 0.387 e. The number of imidazole rings is 2. The number of anilines is 1. The third-order valence-corrected chi connectivity index (χ3v) is 10.4. The molecule has 64 heavy (non-hydrogen) atoms. The normalized spacial score (nSPS) is 11.2. The maximum Gasteiger partial charge on any atom is 0.387 e. The molecule has 0 fully saturated rings. The zero-order valence-corrected chi connectivity index (χ0v) is 39.4. The molecular formula is C46H47Br2F4N9O3. The molecule has 0 saturated carbocycles. The first-order valence-corrected chi connectivity index (χ1v) is 21.1. The van der Waals surface area contributed by atoms with E-state index < -0.39 is 13.2 Å². The number of carbonyl (C=O) groups is 1. The molecule has 18 heteroatoms. The van der Waals surface area contributed by atoms with Crippen LogP contribution in [0.25, 0.3) is 28.3 Å². The predicted molar refractivity (Wildman–Crippen MR) is 248 cm³/mol. The highest BCUT2D eigenvalue weighted by Gasteiger charge is 2.18. The number of hydrazine groups is 1. The van der Waals surface area contributed by atoms with Crippen molar-refractivity contribution in [3.05, 3.63) is 158 Å². The van der Waals surface area contributed by atoms with Gasteiger partial charge in [0.15, 0.2) is 5.78 Å². The average molecular weight is 1010 g/mol. The van der Waals surface area contributed by atoms with Gasteiger partial charge in [-0.05, 0) is 133 Å². The molecule has 3 heterocycles. The molecule has 0 aliphatic rings. The van der Waals surface area contributed by atoms with E-state index in [1.807, 2.05) is 125 Å². The number of nitrogens with zero attached hydrogens (tertiary/aromatic N) is 7. The summed E-state index contributed by atoms with van der Waals surface area (Å²) in [6, 6.07) is 26.1. The van der Waals surface area contributed by atoms with Crippen LogP contribution in [0.1, 0.15) is 46.0 Å². The minimum Gasteiger partial charge on any atom is -0.435 e. The number of nitrogens with two attached hydrogens (primary N) is 1. The standard InChI is InChI=1S/C22H19BrF2N4O.C17H20BrN3O.C7H8F2N2O/c1-13-10-21(29(27-13)17-5-7-18(8-6-17)30-22(24)25)19-11-16(23)4-9-20(19)28-12-14(2)26-15(28)3;1-11-10-21(13(3)19-11)16-7-6-14(18)9-15(16)17(22)8-12(2)20(4)5;8-7(9)12-6-3-1-5(11-10)2-4-6/h4-12,22H,1-3H3;6-10H,1-5H3;1-4,7,11H,10H2/b;12-8+;. The number of hydrogen-bond acceptors (Lipinski definition) is 9. The van der Waals surface area contributed by atoms with Gasteiger partial charge in [0.2, 0.25) is 0 Å². The van der Waals surface area contributed by atoms with Crippen molar-refractivity contribution >= 4 is 43.3 Å². The van der Waals surface area contributed by atoms with Gasteiger partial charge in [-0.3, -0.25) is 10.6 Å². The van der Waals surface area contributed by atoms with Crippen molar-refractivity contribution in [3.63, 3.8) is 0 Å². The minimum atomic E-state index is -2.86. The number of carbonyl (C=O) groups excluding carboxylic acids is 1. The van der Waals surface area contributed by atoms with Crippen LogP contribution in [0.2, 0.25) is 0 Å². The Morgan fingerprint density at radius 2 is 1.22 bits per heavy atom. The lowest BCUT2D eigenvalue weighted by Gasteiger charge is -2.15. The summed E-state index contributed by atoms with van der Waals surface area (Å²) in [4.78, 5) is 23.5. The van der Waals surface area contributed by atoms with Crippen LogP contribution in [0.4, 0.5) is 23.2 Å². The second kappa shape index (κ2) is 21.9. The summed E-state index contributed by atoms with van der Waals surface area (Å²) >= 11 is 7.02. The molecule has 3 N–H and O–H groups in total. The largest absolute Gasteiger partial charge is 0.435 e. The Kier molecular flexibility index (Phi) is 16.7. The Morgan fingerprint density at radius 3 is 1.70 bits per heavy atom. The number of nitrogens with one attached hydrogen (secondary N) is 1. The van der Waals surface area contributed by atoms with Gasteiger partial charge in [0.1, 0.15) is 23.1 Å². The third-order valence-electron chi connectivity index (χ3n) is 9.41. The number of nitrogen functional groups attached to an aromatic ring is 1. The maximum absolute atomic E-state index is 12.7. The third kappa shape index (κ3) is 12.9. The minimum absolute atomic E-state index is 0.0201. The zero-order chi connectivity index (χ0) is 46.8. The molecule has 0 amide bonds. The van der Waals surface area contributed by atoms with Crippen LogP contribution in [0.15, 0.2) is 124 Å². The number of halogens is 6. The molecule has 3 aromatic heterocycles. The molecule has 12 nitrogen and oxygen atoms in total. The monoisotopic (exact) mass is 1010 g/mol. The molecule has 0 saturated heterocycles. The summed E-state index contributed by atoms with van der Waals surface area (Å²) in [5, 5.41) is 4.63. The molecule has 0 spiro atoms. The fourth-order valence-electron chi connectivity index (χ4n) is 6.35. The lowest BCUT2D eigenvalue weighted by atomic mass is 10.1. The van der Waals surface area contributed by atoms with Gasteiger partial charge in [-0.2, -0.15) is 22.7 Å². The molecule has 0 aliphatic heterocycles. The van der Waals surface area contributed by atoms with E-state index in [9.17, 15) is 22.4 Å². The van der Waals surface area contributed by atoms with Crippen LogP contribution >= 0.6 is 31.9 Å². The number of ether oxygens (including phenoxy) is 2. The number of alkyl halides is 4.